The van der Waals surface area contributed by atoms with Crippen LogP contribution in [0.3, 0.4) is 0 Å². The van der Waals surface area contributed by atoms with Gasteiger partial charge in [-0.15, -0.1) is 10.2 Å². The highest BCUT2D eigenvalue weighted by molar-refractivity contribution is 6.31. The molecule has 0 fully saturated rings. The molecule has 0 unspecified atom stereocenters. The highest BCUT2D eigenvalue weighted by Crippen LogP contribution is 2.27. The Morgan fingerprint density at radius 2 is 2.00 bits per heavy atom. The van der Waals surface area contributed by atoms with Gasteiger partial charge >= 0.3 is 0 Å². The molecule has 1 aliphatic rings. The van der Waals surface area contributed by atoms with E-state index in [1.165, 1.54) is 0 Å². The van der Waals surface area contributed by atoms with E-state index in [0.29, 0.717) is 27.9 Å². The Morgan fingerprint density at radius 3 is 2.82 bits per heavy atom. The third-order valence-electron chi connectivity index (χ3n) is 3.46. The summed E-state index contributed by atoms with van der Waals surface area (Å²) in [6.45, 7) is 1.97. The zero-order valence-electron chi connectivity index (χ0n) is 16.6. The van der Waals surface area contributed by atoms with Crippen LogP contribution in [0.1, 0.15) is 29.6 Å². The molecule has 2 aromatic carbocycles. The predicted molar refractivity (Wildman–Crippen MR) is 86.9 cm³/mol. The molecule has 0 N–H and O–H groups in total. The standard InChI is InChI=1S/C17H13ClN4/c1-11-20-21-16-10-19-17(12-5-3-2-4-6-12)14-9-13(18)7-8-15(14)22(11)16/h2-9H,10H2,1H3/i2D,3D,4D,5D,6D. The summed E-state index contributed by atoms with van der Waals surface area (Å²) in [4.78, 5) is 4.53. The molecular weight excluding hydrogens is 296 g/mol. The van der Waals surface area contributed by atoms with E-state index in [9.17, 15) is 0 Å². The summed E-state index contributed by atoms with van der Waals surface area (Å²) in [5.74, 6) is 1.25. The molecule has 4 nitrogen and oxygen atoms in total. The van der Waals surface area contributed by atoms with E-state index < -0.39 is 18.1 Å². The molecule has 0 saturated carbocycles. The van der Waals surface area contributed by atoms with E-state index in [2.05, 4.69) is 15.2 Å². The van der Waals surface area contributed by atoms with Crippen molar-refractivity contribution in [2.75, 3.05) is 0 Å². The van der Waals surface area contributed by atoms with Crippen LogP contribution in [-0.2, 0) is 6.54 Å². The van der Waals surface area contributed by atoms with Crippen LogP contribution >= 0.6 is 11.6 Å². The third kappa shape index (κ3) is 2.04. The molecule has 3 aromatic rings. The number of aryl methyl sites for hydroxylation is 1. The first-order chi connectivity index (χ1) is 12.8. The molecule has 0 aliphatic carbocycles. The SMILES string of the molecule is [2H]c1c([2H])c([2H])c(C2=NCc3nnc(C)n3-c3ccc(Cl)cc32)c([2H])c1[2H]. The molecule has 5 heteroatoms. The van der Waals surface area contributed by atoms with E-state index in [4.69, 9.17) is 18.5 Å². The zero-order valence-corrected chi connectivity index (χ0v) is 12.4. The van der Waals surface area contributed by atoms with Crippen molar-refractivity contribution < 1.29 is 6.85 Å². The molecule has 22 heavy (non-hydrogen) atoms. The fraction of sp³-hybridized carbons (Fsp3) is 0.118. The third-order valence-corrected chi connectivity index (χ3v) is 3.70. The predicted octanol–water partition coefficient (Wildman–Crippen LogP) is 3.58. The molecule has 0 atom stereocenters. The van der Waals surface area contributed by atoms with Crippen LogP contribution in [0.2, 0.25) is 5.02 Å². The van der Waals surface area contributed by atoms with Gasteiger partial charge in [0, 0.05) is 16.1 Å². The molecule has 0 spiro atoms. The minimum Gasteiger partial charge on any atom is -0.281 e. The smallest absolute Gasteiger partial charge is 0.159 e. The van der Waals surface area contributed by atoms with Gasteiger partial charge in [-0.2, -0.15) is 0 Å². The summed E-state index contributed by atoms with van der Waals surface area (Å²) in [5.41, 5.74) is 1.58. The maximum atomic E-state index is 8.28. The van der Waals surface area contributed by atoms with Crippen LogP contribution < -0.4 is 0 Å². The van der Waals surface area contributed by atoms with Crippen molar-refractivity contribution in [2.45, 2.75) is 13.5 Å². The van der Waals surface area contributed by atoms with Gasteiger partial charge in [-0.1, -0.05) is 41.8 Å². The molecule has 4 rings (SSSR count). The van der Waals surface area contributed by atoms with Gasteiger partial charge in [0.25, 0.3) is 0 Å². The maximum absolute atomic E-state index is 8.28. The summed E-state index contributed by atoms with van der Waals surface area (Å²) in [5, 5.41) is 8.67. The normalized spacial score (nSPS) is 16.3. The topological polar surface area (TPSA) is 43.1 Å². The lowest BCUT2D eigenvalue weighted by molar-refractivity contribution is 0.862. The molecule has 0 amide bonds. The largest absolute Gasteiger partial charge is 0.281 e. The Kier molecular flexibility index (Phi) is 2.04. The average molecular weight is 314 g/mol. The number of hydrogen-bond acceptors (Lipinski definition) is 3. The second kappa shape index (κ2) is 5.07. The first-order valence-electron chi connectivity index (χ1n) is 9.14. The van der Waals surface area contributed by atoms with Crippen LogP contribution in [0.4, 0.5) is 0 Å². The Balaban J connectivity index is 2.08. The van der Waals surface area contributed by atoms with Crippen molar-refractivity contribution in [1.82, 2.24) is 14.8 Å². The number of hydrogen-bond donors (Lipinski definition) is 0. The average Bonchev–Trinajstić information content (AvgIpc) is 2.93. The Bertz CT molecular complexity index is 1110. The van der Waals surface area contributed by atoms with Crippen molar-refractivity contribution in [3.05, 3.63) is 76.2 Å². The summed E-state index contributed by atoms with van der Waals surface area (Å²) >= 11 is 6.20. The number of aliphatic imine (C=N–C) groups is 1. The van der Waals surface area contributed by atoms with E-state index in [1.54, 1.807) is 18.2 Å². The van der Waals surface area contributed by atoms with Gasteiger partial charge in [-0.3, -0.25) is 9.56 Å². The minimum atomic E-state index is -0.442. The van der Waals surface area contributed by atoms with Gasteiger partial charge in [0.1, 0.15) is 12.4 Å². The molecule has 0 saturated heterocycles. The van der Waals surface area contributed by atoms with Gasteiger partial charge in [0.05, 0.1) is 18.3 Å². The fourth-order valence-corrected chi connectivity index (χ4v) is 2.70. The Hall–Kier alpha value is -2.46. The van der Waals surface area contributed by atoms with Crippen LogP contribution in [0.15, 0.2) is 53.4 Å². The molecule has 1 aromatic heterocycles. The van der Waals surface area contributed by atoms with Crippen molar-refractivity contribution in [2.24, 2.45) is 4.99 Å². The second-order valence-corrected chi connectivity index (χ2v) is 5.26. The van der Waals surface area contributed by atoms with Crippen LogP contribution in [0, 0.1) is 6.92 Å². The quantitative estimate of drug-likeness (QED) is 0.689. The van der Waals surface area contributed by atoms with Gasteiger partial charge in [-0.05, 0) is 25.1 Å². The lowest BCUT2D eigenvalue weighted by atomic mass is 10.0. The molecular formula is C17H13ClN4. The van der Waals surface area contributed by atoms with Crippen molar-refractivity contribution in [1.29, 1.82) is 0 Å². The van der Waals surface area contributed by atoms with Gasteiger partial charge in [-0.25, -0.2) is 0 Å². The lowest BCUT2D eigenvalue weighted by Crippen LogP contribution is -2.08. The van der Waals surface area contributed by atoms with Gasteiger partial charge in [0.2, 0.25) is 0 Å². The summed E-state index contributed by atoms with van der Waals surface area (Å²) < 4.78 is 42.1. The van der Waals surface area contributed by atoms with Crippen LogP contribution in [0.25, 0.3) is 5.69 Å². The summed E-state index contributed by atoms with van der Waals surface area (Å²) in [7, 11) is 0. The lowest BCUT2D eigenvalue weighted by Gasteiger charge is -2.12. The second-order valence-electron chi connectivity index (χ2n) is 4.83. The van der Waals surface area contributed by atoms with E-state index in [0.717, 1.165) is 0 Å². The van der Waals surface area contributed by atoms with E-state index >= 15 is 0 Å². The number of aromatic nitrogens is 3. The first-order valence-corrected chi connectivity index (χ1v) is 7.02. The Morgan fingerprint density at radius 1 is 1.18 bits per heavy atom. The van der Waals surface area contributed by atoms with Crippen LogP contribution in [0.5, 0.6) is 0 Å². The molecule has 2 heterocycles. The van der Waals surface area contributed by atoms with Crippen molar-refractivity contribution in [3.63, 3.8) is 0 Å². The highest BCUT2D eigenvalue weighted by Gasteiger charge is 2.21. The van der Waals surface area contributed by atoms with E-state index in [-0.39, 0.29) is 29.9 Å². The number of benzene rings is 2. The summed E-state index contributed by atoms with van der Waals surface area (Å²) in [6.07, 6.45) is 0. The number of fused-ring (bicyclic) bond motifs is 3. The zero-order chi connectivity index (χ0) is 19.5. The van der Waals surface area contributed by atoms with Crippen LogP contribution in [-0.4, -0.2) is 20.5 Å². The summed E-state index contributed by atoms with van der Waals surface area (Å²) in [6, 6.07) is 3.31. The first kappa shape index (κ1) is 8.86. The van der Waals surface area contributed by atoms with Crippen molar-refractivity contribution >= 4 is 17.3 Å². The molecule has 1 aliphatic heterocycles. The number of rotatable bonds is 1. The van der Waals surface area contributed by atoms with Crippen molar-refractivity contribution in [3.8, 4) is 5.69 Å². The highest BCUT2D eigenvalue weighted by atomic mass is 35.5. The molecule has 108 valence electrons. The molecule has 0 radical (unpaired) electrons. The van der Waals surface area contributed by atoms with Gasteiger partial charge < -0.3 is 0 Å². The molecule has 0 bridgehead atoms. The Labute approximate surface area is 140 Å². The minimum absolute atomic E-state index is 0.0425. The fourth-order valence-electron chi connectivity index (χ4n) is 2.53. The number of halogens is 1. The number of nitrogens with zero attached hydrogens (tertiary/aromatic N) is 4. The maximum Gasteiger partial charge on any atom is 0.159 e. The van der Waals surface area contributed by atoms with E-state index in [1.807, 2.05) is 11.5 Å². The monoisotopic (exact) mass is 313 g/mol. The van der Waals surface area contributed by atoms with Gasteiger partial charge in [0.15, 0.2) is 5.82 Å².